The molecule has 5 heteroatoms. The first-order chi connectivity index (χ1) is 15.0. The number of halogens is 2. The number of carbonyl (C=O) groups is 1. The summed E-state index contributed by atoms with van der Waals surface area (Å²) in [6.45, 7) is 0.269. The Bertz CT molecular complexity index is 1240. The summed E-state index contributed by atoms with van der Waals surface area (Å²) in [7, 11) is 0. The molecular formula is C26H18ClFO3. The Labute approximate surface area is 184 Å². The van der Waals surface area contributed by atoms with Crippen molar-refractivity contribution < 1.29 is 19.0 Å². The van der Waals surface area contributed by atoms with E-state index in [0.29, 0.717) is 10.8 Å². The van der Waals surface area contributed by atoms with Gasteiger partial charge in [-0.15, -0.1) is 0 Å². The van der Waals surface area contributed by atoms with Gasteiger partial charge in [-0.1, -0.05) is 60.1 Å². The standard InChI is InChI=1S/C26H18ClFO3/c27-20-10-13-25(31-16-17-8-11-21(28)12-9-17)24(15-20)23-7-2-1-6-22(23)18-4-3-5-19(14-18)26(29)30/h1-15H,16H2,(H,29,30). The maximum atomic E-state index is 13.2. The first kappa shape index (κ1) is 20.6. The molecule has 0 spiro atoms. The summed E-state index contributed by atoms with van der Waals surface area (Å²) in [4.78, 5) is 11.4. The Hall–Kier alpha value is -3.63. The van der Waals surface area contributed by atoms with Crippen LogP contribution in [0, 0.1) is 5.82 Å². The van der Waals surface area contributed by atoms with E-state index in [0.717, 1.165) is 27.8 Å². The lowest BCUT2D eigenvalue weighted by atomic mass is 9.93. The van der Waals surface area contributed by atoms with E-state index in [1.54, 1.807) is 42.5 Å². The van der Waals surface area contributed by atoms with Crippen LogP contribution in [-0.2, 0) is 6.61 Å². The van der Waals surface area contributed by atoms with Gasteiger partial charge >= 0.3 is 5.97 Å². The van der Waals surface area contributed by atoms with Gasteiger partial charge < -0.3 is 9.84 Å². The SMILES string of the molecule is O=C(O)c1cccc(-c2ccccc2-c2cc(Cl)ccc2OCc2ccc(F)cc2)c1. The Morgan fingerprint density at radius 3 is 2.32 bits per heavy atom. The van der Waals surface area contributed by atoms with Gasteiger partial charge in [0, 0.05) is 10.6 Å². The normalized spacial score (nSPS) is 10.6. The highest BCUT2D eigenvalue weighted by atomic mass is 35.5. The predicted molar refractivity (Wildman–Crippen MR) is 120 cm³/mol. The summed E-state index contributed by atoms with van der Waals surface area (Å²) in [5.74, 6) is -0.658. The number of carboxylic acids is 1. The summed E-state index contributed by atoms with van der Waals surface area (Å²) < 4.78 is 19.2. The second kappa shape index (κ2) is 9.02. The van der Waals surface area contributed by atoms with Crippen LogP contribution in [0.5, 0.6) is 5.75 Å². The zero-order chi connectivity index (χ0) is 21.8. The summed E-state index contributed by atoms with van der Waals surface area (Å²) in [6, 6.07) is 26.0. The summed E-state index contributed by atoms with van der Waals surface area (Å²) >= 11 is 6.29. The second-order valence-electron chi connectivity index (χ2n) is 6.99. The highest BCUT2D eigenvalue weighted by molar-refractivity contribution is 6.31. The largest absolute Gasteiger partial charge is 0.488 e. The van der Waals surface area contributed by atoms with Crippen LogP contribution in [0.4, 0.5) is 4.39 Å². The molecule has 0 amide bonds. The maximum absolute atomic E-state index is 13.2. The molecule has 154 valence electrons. The van der Waals surface area contributed by atoms with Crippen molar-refractivity contribution in [3.8, 4) is 28.0 Å². The fourth-order valence-corrected chi connectivity index (χ4v) is 3.54. The predicted octanol–water partition coefficient (Wildman–Crippen LogP) is 7.09. The molecule has 3 nitrogen and oxygen atoms in total. The molecule has 0 aromatic heterocycles. The molecule has 0 heterocycles. The van der Waals surface area contributed by atoms with Gasteiger partial charge in [-0.25, -0.2) is 9.18 Å². The van der Waals surface area contributed by atoms with Crippen molar-refractivity contribution in [2.24, 2.45) is 0 Å². The fourth-order valence-electron chi connectivity index (χ4n) is 3.37. The van der Waals surface area contributed by atoms with Crippen molar-refractivity contribution >= 4 is 17.6 Å². The first-order valence-electron chi connectivity index (χ1n) is 9.61. The molecule has 4 rings (SSSR count). The van der Waals surface area contributed by atoms with Crippen LogP contribution in [0.3, 0.4) is 0 Å². The van der Waals surface area contributed by atoms with Crippen LogP contribution in [0.2, 0.25) is 5.02 Å². The minimum absolute atomic E-state index is 0.214. The zero-order valence-corrected chi connectivity index (χ0v) is 17.1. The average molecular weight is 433 g/mol. The highest BCUT2D eigenvalue weighted by Gasteiger charge is 2.14. The van der Waals surface area contributed by atoms with E-state index in [-0.39, 0.29) is 18.0 Å². The smallest absolute Gasteiger partial charge is 0.335 e. The number of aromatic carboxylic acids is 1. The van der Waals surface area contributed by atoms with Crippen molar-refractivity contribution in [1.29, 1.82) is 0 Å². The molecule has 0 aliphatic carbocycles. The first-order valence-corrected chi connectivity index (χ1v) is 9.99. The highest BCUT2D eigenvalue weighted by Crippen LogP contribution is 2.39. The molecule has 0 radical (unpaired) electrons. The van der Waals surface area contributed by atoms with Crippen molar-refractivity contribution in [3.63, 3.8) is 0 Å². The van der Waals surface area contributed by atoms with Crippen LogP contribution < -0.4 is 4.74 Å². The monoisotopic (exact) mass is 432 g/mol. The molecule has 31 heavy (non-hydrogen) atoms. The third-order valence-corrected chi connectivity index (χ3v) is 5.12. The minimum Gasteiger partial charge on any atom is -0.488 e. The van der Waals surface area contributed by atoms with Crippen molar-refractivity contribution in [2.45, 2.75) is 6.61 Å². The van der Waals surface area contributed by atoms with Crippen LogP contribution >= 0.6 is 11.6 Å². The van der Waals surface area contributed by atoms with E-state index in [2.05, 4.69) is 0 Å². The molecule has 0 bridgehead atoms. The van der Waals surface area contributed by atoms with Crippen LogP contribution in [0.25, 0.3) is 22.3 Å². The molecule has 4 aromatic carbocycles. The van der Waals surface area contributed by atoms with E-state index in [4.69, 9.17) is 16.3 Å². The number of hydrogen-bond acceptors (Lipinski definition) is 2. The molecule has 0 saturated heterocycles. The number of benzene rings is 4. The minimum atomic E-state index is -0.981. The van der Waals surface area contributed by atoms with Gasteiger partial charge in [0.25, 0.3) is 0 Å². The van der Waals surface area contributed by atoms with Gasteiger partial charge in [0.1, 0.15) is 18.2 Å². The van der Waals surface area contributed by atoms with Crippen molar-refractivity contribution in [1.82, 2.24) is 0 Å². The number of carboxylic acid groups (broad SMARTS) is 1. The molecule has 0 saturated carbocycles. The Morgan fingerprint density at radius 2 is 1.58 bits per heavy atom. The molecule has 0 fully saturated rings. The van der Waals surface area contributed by atoms with E-state index in [1.165, 1.54) is 12.1 Å². The molecule has 0 atom stereocenters. The van der Waals surface area contributed by atoms with Gasteiger partial charge in [0.05, 0.1) is 5.56 Å². The lowest BCUT2D eigenvalue weighted by Gasteiger charge is -2.16. The van der Waals surface area contributed by atoms with Crippen molar-refractivity contribution in [3.05, 3.63) is 113 Å². The zero-order valence-electron chi connectivity index (χ0n) is 16.4. The van der Waals surface area contributed by atoms with E-state index >= 15 is 0 Å². The second-order valence-corrected chi connectivity index (χ2v) is 7.42. The van der Waals surface area contributed by atoms with E-state index < -0.39 is 5.97 Å². The Morgan fingerprint density at radius 1 is 0.839 bits per heavy atom. The third kappa shape index (κ3) is 4.76. The molecule has 4 aromatic rings. The Kier molecular flexibility index (Phi) is 6.01. The maximum Gasteiger partial charge on any atom is 0.335 e. The van der Waals surface area contributed by atoms with Crippen molar-refractivity contribution in [2.75, 3.05) is 0 Å². The summed E-state index contributed by atoms with van der Waals surface area (Å²) in [6.07, 6.45) is 0. The van der Waals surface area contributed by atoms with Gasteiger partial charge in [-0.3, -0.25) is 0 Å². The van der Waals surface area contributed by atoms with Gasteiger partial charge in [0.2, 0.25) is 0 Å². The molecular weight excluding hydrogens is 415 g/mol. The summed E-state index contributed by atoms with van der Waals surface area (Å²) in [5.41, 5.74) is 4.34. The quantitative estimate of drug-likeness (QED) is 0.353. The fraction of sp³-hybridized carbons (Fsp3) is 0.0385. The molecule has 0 aliphatic rings. The molecule has 1 N–H and O–H groups in total. The molecule has 0 aliphatic heterocycles. The van der Waals surface area contributed by atoms with Gasteiger partial charge in [0.15, 0.2) is 0 Å². The average Bonchev–Trinajstić information content (AvgIpc) is 2.79. The van der Waals surface area contributed by atoms with Crippen LogP contribution in [0.15, 0.2) is 91.0 Å². The van der Waals surface area contributed by atoms with Crippen LogP contribution in [0.1, 0.15) is 15.9 Å². The molecule has 0 unspecified atom stereocenters. The van der Waals surface area contributed by atoms with Gasteiger partial charge in [-0.2, -0.15) is 0 Å². The topological polar surface area (TPSA) is 46.5 Å². The third-order valence-electron chi connectivity index (χ3n) is 4.89. The lowest BCUT2D eigenvalue weighted by molar-refractivity contribution is 0.0697. The van der Waals surface area contributed by atoms with Crippen LogP contribution in [-0.4, -0.2) is 11.1 Å². The summed E-state index contributed by atoms with van der Waals surface area (Å²) in [5, 5.41) is 9.91. The van der Waals surface area contributed by atoms with E-state index in [1.807, 2.05) is 36.4 Å². The number of ether oxygens (including phenoxy) is 1. The lowest BCUT2D eigenvalue weighted by Crippen LogP contribution is -1.98. The van der Waals surface area contributed by atoms with E-state index in [9.17, 15) is 14.3 Å². The number of rotatable bonds is 6. The number of hydrogen-bond donors (Lipinski definition) is 1. The Balaban J connectivity index is 1.75. The van der Waals surface area contributed by atoms with Gasteiger partial charge in [-0.05, 0) is 64.7 Å².